The molecule has 2 N–H and O–H groups in total. The highest BCUT2D eigenvalue weighted by Gasteiger charge is 2.25. The fraction of sp³-hybridized carbons (Fsp3) is 0.458. The number of nitrogen functional groups attached to an aromatic ring is 1. The molecule has 0 spiro atoms. The van der Waals surface area contributed by atoms with E-state index in [0.717, 1.165) is 60.7 Å². The first-order valence-electron chi connectivity index (χ1n) is 11.5. The van der Waals surface area contributed by atoms with E-state index in [-0.39, 0.29) is 0 Å². The number of nitrogens with two attached hydrogens (primary N) is 1. The molecule has 0 saturated carbocycles. The van der Waals surface area contributed by atoms with Gasteiger partial charge in [-0.25, -0.2) is 15.0 Å². The lowest BCUT2D eigenvalue weighted by Gasteiger charge is -2.37. The number of nitrogens with zero attached hydrogens (tertiary/aromatic N) is 5. The van der Waals surface area contributed by atoms with Crippen LogP contribution in [0.5, 0.6) is 0 Å². The smallest absolute Gasteiger partial charge is 0.146 e. The van der Waals surface area contributed by atoms with E-state index in [1.165, 1.54) is 39.4 Å². The van der Waals surface area contributed by atoms with E-state index in [0.29, 0.717) is 11.9 Å². The number of aromatic nitrogens is 3. The first-order chi connectivity index (χ1) is 15.7. The zero-order chi connectivity index (χ0) is 21.7. The zero-order valence-corrected chi connectivity index (χ0v) is 20.0. The predicted molar refractivity (Wildman–Crippen MR) is 133 cm³/mol. The summed E-state index contributed by atoms with van der Waals surface area (Å²) < 4.78 is 1.27. The van der Waals surface area contributed by atoms with E-state index in [9.17, 15) is 0 Å². The van der Waals surface area contributed by atoms with Gasteiger partial charge in [-0.2, -0.15) is 0 Å². The van der Waals surface area contributed by atoms with Gasteiger partial charge in [-0.1, -0.05) is 12.1 Å². The van der Waals surface area contributed by atoms with Crippen LogP contribution in [0, 0.1) is 0 Å². The Kier molecular flexibility index (Phi) is 5.33. The number of fused-ring (bicyclic) bond motifs is 4. The number of thiophene rings is 1. The van der Waals surface area contributed by atoms with Crippen molar-refractivity contribution < 1.29 is 0 Å². The number of para-hydroxylation sites is 1. The molecule has 1 saturated heterocycles. The van der Waals surface area contributed by atoms with Crippen molar-refractivity contribution in [1.82, 2.24) is 24.8 Å². The molecule has 6 rings (SSSR count). The molecular weight excluding hydrogens is 436 g/mol. The fourth-order valence-corrected chi connectivity index (χ4v) is 7.38. The van der Waals surface area contributed by atoms with Crippen LogP contribution in [-0.4, -0.2) is 50.9 Å². The van der Waals surface area contributed by atoms with Crippen LogP contribution in [0.4, 0.5) is 5.82 Å². The molecule has 2 aliphatic rings. The minimum atomic E-state index is 0.343. The van der Waals surface area contributed by atoms with Crippen molar-refractivity contribution in [3.05, 3.63) is 45.5 Å². The number of hydrogen-bond donors (Lipinski definition) is 1. The Hall–Kier alpha value is -2.13. The Labute approximate surface area is 196 Å². The standard InChI is InChI=1S/C24H28N6S2/c1-15(23-26-17-7-3-5-9-19(17)32-23)30-12-10-29(11-13-30)14-20-27-22(25)21-16-6-2-4-8-18(16)31-24(21)28-20/h3,5,7,9,15H,2,4,6,8,10-14H2,1H3,(H2,25,27,28)/t15-/m0/s1. The molecule has 0 radical (unpaired) electrons. The van der Waals surface area contributed by atoms with E-state index in [1.807, 2.05) is 22.7 Å². The van der Waals surface area contributed by atoms with Crippen molar-refractivity contribution in [2.24, 2.45) is 0 Å². The van der Waals surface area contributed by atoms with Crippen LogP contribution in [0.15, 0.2) is 24.3 Å². The minimum Gasteiger partial charge on any atom is -0.383 e. The van der Waals surface area contributed by atoms with Gasteiger partial charge >= 0.3 is 0 Å². The summed E-state index contributed by atoms with van der Waals surface area (Å²) in [6.07, 6.45) is 4.82. The van der Waals surface area contributed by atoms with Crippen LogP contribution < -0.4 is 5.73 Å². The summed E-state index contributed by atoms with van der Waals surface area (Å²) in [5.41, 5.74) is 8.94. The minimum absolute atomic E-state index is 0.343. The van der Waals surface area contributed by atoms with Gasteiger partial charge in [0.05, 0.1) is 28.2 Å². The SMILES string of the molecule is C[C@@H](c1nc2ccccc2s1)N1CCN(Cc2nc(N)c3c4c(sc3n2)CCCC4)CC1. The monoisotopic (exact) mass is 464 g/mol. The van der Waals surface area contributed by atoms with E-state index >= 15 is 0 Å². The highest BCUT2D eigenvalue weighted by atomic mass is 32.1. The van der Waals surface area contributed by atoms with Gasteiger partial charge < -0.3 is 5.73 Å². The Morgan fingerprint density at radius 1 is 1.00 bits per heavy atom. The van der Waals surface area contributed by atoms with Crippen molar-refractivity contribution >= 4 is 48.9 Å². The summed E-state index contributed by atoms with van der Waals surface area (Å²) in [5.74, 6) is 1.54. The molecule has 166 valence electrons. The number of thiazole rings is 1. The number of rotatable bonds is 4. The van der Waals surface area contributed by atoms with Crippen molar-refractivity contribution in [1.29, 1.82) is 0 Å². The molecule has 1 aliphatic carbocycles. The van der Waals surface area contributed by atoms with Crippen LogP contribution in [0.1, 0.15) is 47.1 Å². The largest absolute Gasteiger partial charge is 0.383 e. The molecule has 1 aromatic carbocycles. The quantitative estimate of drug-likeness (QED) is 0.474. The maximum Gasteiger partial charge on any atom is 0.146 e. The topological polar surface area (TPSA) is 71.2 Å². The van der Waals surface area contributed by atoms with E-state index in [2.05, 4.69) is 41.0 Å². The Morgan fingerprint density at radius 2 is 1.81 bits per heavy atom. The van der Waals surface area contributed by atoms with Gasteiger partial charge in [0.25, 0.3) is 0 Å². The summed E-state index contributed by atoms with van der Waals surface area (Å²) in [7, 11) is 0. The molecule has 6 nitrogen and oxygen atoms in total. The summed E-state index contributed by atoms with van der Waals surface area (Å²) in [6.45, 7) is 7.13. The van der Waals surface area contributed by atoms with Crippen molar-refractivity contribution in [3.63, 3.8) is 0 Å². The molecule has 8 heteroatoms. The van der Waals surface area contributed by atoms with Gasteiger partial charge in [0.1, 0.15) is 21.5 Å². The molecule has 0 unspecified atom stereocenters. The first kappa shape index (κ1) is 20.5. The van der Waals surface area contributed by atoms with Crippen LogP contribution in [0.3, 0.4) is 0 Å². The third-order valence-corrected chi connectivity index (χ3v) is 9.27. The number of hydrogen-bond acceptors (Lipinski definition) is 8. The second-order valence-electron chi connectivity index (χ2n) is 8.92. The molecule has 0 bridgehead atoms. The predicted octanol–water partition coefficient (Wildman–Crippen LogP) is 4.64. The molecule has 4 heterocycles. The molecule has 4 aromatic rings. The average molecular weight is 465 g/mol. The summed E-state index contributed by atoms with van der Waals surface area (Å²) >= 11 is 3.65. The van der Waals surface area contributed by atoms with E-state index < -0.39 is 0 Å². The van der Waals surface area contributed by atoms with Crippen LogP contribution >= 0.6 is 22.7 Å². The second-order valence-corrected chi connectivity index (χ2v) is 11.1. The first-order valence-corrected chi connectivity index (χ1v) is 13.2. The Balaban J connectivity index is 1.13. The number of piperazine rings is 1. The molecule has 3 aromatic heterocycles. The Morgan fingerprint density at radius 3 is 2.66 bits per heavy atom. The molecule has 1 atom stereocenters. The summed E-state index contributed by atoms with van der Waals surface area (Å²) in [4.78, 5) is 22.1. The van der Waals surface area contributed by atoms with Gasteiger partial charge in [0, 0.05) is 31.1 Å². The van der Waals surface area contributed by atoms with E-state index in [1.54, 1.807) is 0 Å². The number of aryl methyl sites for hydroxylation is 2. The van der Waals surface area contributed by atoms with Crippen LogP contribution in [-0.2, 0) is 19.4 Å². The number of anilines is 1. The number of benzene rings is 1. The highest BCUT2D eigenvalue weighted by molar-refractivity contribution is 7.19. The van der Waals surface area contributed by atoms with Gasteiger partial charge in [-0.15, -0.1) is 22.7 Å². The van der Waals surface area contributed by atoms with Crippen molar-refractivity contribution in [3.8, 4) is 0 Å². The molecule has 32 heavy (non-hydrogen) atoms. The Bertz CT molecular complexity index is 1240. The van der Waals surface area contributed by atoms with Crippen LogP contribution in [0.2, 0.25) is 0 Å². The van der Waals surface area contributed by atoms with Gasteiger partial charge in [0.2, 0.25) is 0 Å². The van der Waals surface area contributed by atoms with Gasteiger partial charge in [-0.3, -0.25) is 9.80 Å². The highest BCUT2D eigenvalue weighted by Crippen LogP contribution is 2.38. The molecular formula is C24H28N6S2. The average Bonchev–Trinajstić information content (AvgIpc) is 3.40. The normalized spacial score (nSPS) is 18.9. The third-order valence-electron chi connectivity index (χ3n) is 6.88. The van der Waals surface area contributed by atoms with E-state index in [4.69, 9.17) is 20.7 Å². The van der Waals surface area contributed by atoms with Crippen LogP contribution in [0.25, 0.3) is 20.4 Å². The van der Waals surface area contributed by atoms with Crippen molar-refractivity contribution in [2.75, 3.05) is 31.9 Å². The molecule has 0 amide bonds. The van der Waals surface area contributed by atoms with Gasteiger partial charge in [0.15, 0.2) is 0 Å². The lowest BCUT2D eigenvalue weighted by atomic mass is 9.97. The lowest BCUT2D eigenvalue weighted by molar-refractivity contribution is 0.0962. The maximum absolute atomic E-state index is 6.41. The van der Waals surface area contributed by atoms with Crippen molar-refractivity contribution in [2.45, 2.75) is 45.2 Å². The summed E-state index contributed by atoms with van der Waals surface area (Å²) in [5, 5.41) is 2.34. The maximum atomic E-state index is 6.41. The zero-order valence-electron chi connectivity index (χ0n) is 18.4. The fourth-order valence-electron chi connectivity index (χ4n) is 5.04. The van der Waals surface area contributed by atoms with Gasteiger partial charge in [-0.05, 0) is 50.3 Å². The summed E-state index contributed by atoms with van der Waals surface area (Å²) in [6, 6.07) is 8.76. The third kappa shape index (κ3) is 3.69. The molecule has 1 aliphatic heterocycles. The lowest BCUT2D eigenvalue weighted by Crippen LogP contribution is -2.46. The molecule has 1 fully saturated rings. The second kappa shape index (κ2) is 8.33.